The molecular weight excluding hydrogens is 288 g/mol. The maximum absolute atomic E-state index is 9.62. The number of fused-ring (bicyclic) bond motifs is 1. The molecule has 0 bridgehead atoms. The zero-order valence-electron chi connectivity index (χ0n) is 14.9. The van der Waals surface area contributed by atoms with Crippen LogP contribution in [-0.2, 0) is 17.7 Å². The van der Waals surface area contributed by atoms with E-state index in [1.54, 1.807) is 7.11 Å². The second-order valence-corrected chi connectivity index (χ2v) is 6.89. The summed E-state index contributed by atoms with van der Waals surface area (Å²) in [4.78, 5) is 0. The van der Waals surface area contributed by atoms with E-state index in [4.69, 9.17) is 4.74 Å². The average molecular weight is 318 g/mol. The standard InChI is InChI=1S/C19H30N2O2/c1-14(2)10-17(13-22)11-16-6-7-18-15(3)20-21(19(18)12-16)8-5-9-23-4/h6-7,12,14,17,22H,5,8-11,13H2,1-4H3/t17-/m1/s1. The minimum Gasteiger partial charge on any atom is -0.396 e. The van der Waals surface area contributed by atoms with Gasteiger partial charge in [0.2, 0.25) is 0 Å². The molecule has 2 aromatic rings. The Morgan fingerprint density at radius 1 is 1.30 bits per heavy atom. The Kier molecular flexibility index (Phi) is 6.60. The van der Waals surface area contributed by atoms with Gasteiger partial charge in [0.05, 0.1) is 11.2 Å². The van der Waals surface area contributed by atoms with Gasteiger partial charge < -0.3 is 9.84 Å². The van der Waals surface area contributed by atoms with Gasteiger partial charge in [0.25, 0.3) is 0 Å². The second-order valence-electron chi connectivity index (χ2n) is 6.89. The Balaban J connectivity index is 2.20. The number of hydrogen-bond donors (Lipinski definition) is 1. The molecule has 1 atom stereocenters. The van der Waals surface area contributed by atoms with Gasteiger partial charge in [-0.2, -0.15) is 5.10 Å². The van der Waals surface area contributed by atoms with E-state index in [1.165, 1.54) is 16.5 Å². The first-order valence-electron chi connectivity index (χ1n) is 8.61. The van der Waals surface area contributed by atoms with Crippen molar-refractivity contribution in [3.63, 3.8) is 0 Å². The van der Waals surface area contributed by atoms with Gasteiger partial charge in [-0.3, -0.25) is 4.68 Å². The molecule has 23 heavy (non-hydrogen) atoms. The van der Waals surface area contributed by atoms with Crippen molar-refractivity contribution in [2.45, 2.75) is 46.6 Å². The van der Waals surface area contributed by atoms with E-state index >= 15 is 0 Å². The second kappa shape index (κ2) is 8.46. The summed E-state index contributed by atoms with van der Waals surface area (Å²) in [6.07, 6.45) is 2.94. The lowest BCUT2D eigenvalue weighted by molar-refractivity contribution is 0.189. The predicted molar refractivity (Wildman–Crippen MR) is 94.7 cm³/mol. The van der Waals surface area contributed by atoms with Gasteiger partial charge in [-0.25, -0.2) is 0 Å². The van der Waals surface area contributed by atoms with Gasteiger partial charge in [0.15, 0.2) is 0 Å². The SMILES string of the molecule is COCCCn1nc(C)c2ccc(C[C@H](CO)CC(C)C)cc21. The summed E-state index contributed by atoms with van der Waals surface area (Å²) < 4.78 is 7.23. The van der Waals surface area contributed by atoms with Gasteiger partial charge in [-0.05, 0) is 49.7 Å². The first-order valence-corrected chi connectivity index (χ1v) is 8.61. The zero-order chi connectivity index (χ0) is 16.8. The number of rotatable bonds is 9. The largest absolute Gasteiger partial charge is 0.396 e. The first-order chi connectivity index (χ1) is 11.0. The number of ether oxygens (including phenoxy) is 1. The van der Waals surface area contributed by atoms with Crippen molar-refractivity contribution in [1.29, 1.82) is 0 Å². The van der Waals surface area contributed by atoms with Crippen LogP contribution in [0.1, 0.15) is 37.9 Å². The molecule has 1 N–H and O–H groups in total. The van der Waals surface area contributed by atoms with Crippen LogP contribution in [0, 0.1) is 18.8 Å². The van der Waals surface area contributed by atoms with E-state index in [1.807, 2.05) is 0 Å². The fourth-order valence-electron chi connectivity index (χ4n) is 3.26. The molecule has 0 saturated heterocycles. The Bertz CT molecular complexity index is 619. The topological polar surface area (TPSA) is 47.3 Å². The maximum atomic E-state index is 9.62. The highest BCUT2D eigenvalue weighted by atomic mass is 16.5. The highest BCUT2D eigenvalue weighted by Crippen LogP contribution is 2.23. The van der Waals surface area contributed by atoms with Gasteiger partial charge in [0.1, 0.15) is 0 Å². The quantitative estimate of drug-likeness (QED) is 0.719. The summed E-state index contributed by atoms with van der Waals surface area (Å²) in [5.41, 5.74) is 3.55. The van der Waals surface area contributed by atoms with Gasteiger partial charge in [-0.1, -0.05) is 26.0 Å². The Hall–Kier alpha value is -1.39. The van der Waals surface area contributed by atoms with Crippen molar-refractivity contribution in [1.82, 2.24) is 9.78 Å². The summed E-state index contributed by atoms with van der Waals surface area (Å²) in [5.74, 6) is 0.941. The average Bonchev–Trinajstić information content (AvgIpc) is 2.82. The van der Waals surface area contributed by atoms with Crippen molar-refractivity contribution in [3.8, 4) is 0 Å². The number of aryl methyl sites for hydroxylation is 2. The minimum absolute atomic E-state index is 0.252. The number of aliphatic hydroxyl groups excluding tert-OH is 1. The summed E-state index contributed by atoms with van der Waals surface area (Å²) in [6, 6.07) is 6.59. The van der Waals surface area contributed by atoms with Crippen molar-refractivity contribution in [2.24, 2.45) is 11.8 Å². The van der Waals surface area contributed by atoms with Gasteiger partial charge in [0, 0.05) is 32.3 Å². The third-order valence-electron chi connectivity index (χ3n) is 4.31. The van der Waals surface area contributed by atoms with Crippen LogP contribution in [0.25, 0.3) is 10.9 Å². The number of aliphatic hydroxyl groups is 1. The normalized spacial score (nSPS) is 13.1. The molecule has 0 amide bonds. The molecule has 4 heteroatoms. The van der Waals surface area contributed by atoms with Crippen molar-refractivity contribution in [2.75, 3.05) is 20.3 Å². The van der Waals surface area contributed by atoms with E-state index in [-0.39, 0.29) is 6.61 Å². The molecule has 1 heterocycles. The van der Waals surface area contributed by atoms with Crippen LogP contribution >= 0.6 is 0 Å². The fraction of sp³-hybridized carbons (Fsp3) is 0.632. The predicted octanol–water partition coefficient (Wildman–Crippen LogP) is 3.58. The minimum atomic E-state index is 0.252. The molecule has 0 aliphatic heterocycles. The third-order valence-corrected chi connectivity index (χ3v) is 4.31. The number of aromatic nitrogens is 2. The molecular formula is C19H30N2O2. The Morgan fingerprint density at radius 2 is 2.09 bits per heavy atom. The van der Waals surface area contributed by atoms with Gasteiger partial charge in [-0.15, -0.1) is 0 Å². The highest BCUT2D eigenvalue weighted by molar-refractivity contribution is 5.82. The Labute approximate surface area is 139 Å². The zero-order valence-corrected chi connectivity index (χ0v) is 14.9. The number of nitrogens with zero attached hydrogens (tertiary/aromatic N) is 2. The summed E-state index contributed by atoms with van der Waals surface area (Å²) in [5, 5.41) is 15.5. The van der Waals surface area contributed by atoms with Crippen LogP contribution in [0.5, 0.6) is 0 Å². The molecule has 0 unspecified atom stereocenters. The lowest BCUT2D eigenvalue weighted by Gasteiger charge is -2.16. The lowest BCUT2D eigenvalue weighted by atomic mass is 9.91. The summed E-state index contributed by atoms with van der Waals surface area (Å²) >= 11 is 0. The van der Waals surface area contributed by atoms with Crippen LogP contribution in [-0.4, -0.2) is 35.2 Å². The van der Waals surface area contributed by atoms with E-state index < -0.39 is 0 Å². The Morgan fingerprint density at radius 3 is 2.74 bits per heavy atom. The smallest absolute Gasteiger partial charge is 0.0687 e. The summed E-state index contributed by atoms with van der Waals surface area (Å²) in [6.45, 7) is 8.35. The molecule has 0 spiro atoms. The van der Waals surface area contributed by atoms with Crippen molar-refractivity contribution in [3.05, 3.63) is 29.5 Å². The van der Waals surface area contributed by atoms with Crippen LogP contribution < -0.4 is 0 Å². The molecule has 0 aliphatic rings. The first kappa shape index (κ1) is 18.0. The van der Waals surface area contributed by atoms with E-state index in [0.29, 0.717) is 11.8 Å². The number of hydrogen-bond acceptors (Lipinski definition) is 3. The number of methoxy groups -OCH3 is 1. The molecule has 0 radical (unpaired) electrons. The van der Waals surface area contributed by atoms with Crippen LogP contribution in [0.15, 0.2) is 18.2 Å². The maximum Gasteiger partial charge on any atom is 0.0687 e. The number of benzene rings is 1. The lowest BCUT2D eigenvalue weighted by Crippen LogP contribution is -2.12. The molecule has 0 aliphatic carbocycles. The molecule has 0 saturated carbocycles. The van der Waals surface area contributed by atoms with Crippen LogP contribution in [0.3, 0.4) is 0 Å². The van der Waals surface area contributed by atoms with Gasteiger partial charge >= 0.3 is 0 Å². The van der Waals surface area contributed by atoms with E-state index in [9.17, 15) is 5.11 Å². The van der Waals surface area contributed by atoms with Crippen LogP contribution in [0.4, 0.5) is 0 Å². The molecule has 0 fully saturated rings. The molecule has 2 rings (SSSR count). The molecule has 4 nitrogen and oxygen atoms in total. The highest BCUT2D eigenvalue weighted by Gasteiger charge is 2.13. The molecule has 128 valence electrons. The van der Waals surface area contributed by atoms with E-state index in [0.717, 1.165) is 38.1 Å². The van der Waals surface area contributed by atoms with Crippen LogP contribution in [0.2, 0.25) is 0 Å². The van der Waals surface area contributed by atoms with Crippen molar-refractivity contribution < 1.29 is 9.84 Å². The summed E-state index contributed by atoms with van der Waals surface area (Å²) in [7, 11) is 1.73. The molecule has 1 aromatic carbocycles. The van der Waals surface area contributed by atoms with E-state index in [2.05, 4.69) is 48.8 Å². The third kappa shape index (κ3) is 4.79. The fourth-order valence-corrected chi connectivity index (χ4v) is 3.26. The monoisotopic (exact) mass is 318 g/mol. The van der Waals surface area contributed by atoms with Crippen molar-refractivity contribution >= 4 is 10.9 Å². The molecule has 1 aromatic heterocycles.